The van der Waals surface area contributed by atoms with E-state index >= 15 is 0 Å². The summed E-state index contributed by atoms with van der Waals surface area (Å²) in [5, 5.41) is 16.3. The topological polar surface area (TPSA) is 20.2 Å². The highest BCUT2D eigenvalue weighted by atomic mass is 35.5. The minimum Gasteiger partial charge on any atom is -0.385 e. The fourth-order valence-corrected chi connectivity index (χ4v) is 4.84. The van der Waals surface area contributed by atoms with Gasteiger partial charge < -0.3 is 5.11 Å². The minimum absolute atomic E-state index is 0.443. The van der Waals surface area contributed by atoms with Gasteiger partial charge in [0.1, 0.15) is 0 Å². The molecule has 1 aromatic carbocycles. The molecule has 0 spiro atoms. The Kier molecular flexibility index (Phi) is 4.62. The molecule has 2 aromatic heterocycles. The molecule has 0 saturated heterocycles. The first-order valence-corrected chi connectivity index (χ1v) is 9.27. The Morgan fingerprint density at radius 1 is 1.09 bits per heavy atom. The van der Waals surface area contributed by atoms with Crippen molar-refractivity contribution < 1.29 is 5.11 Å². The molecule has 1 N–H and O–H groups in total. The zero-order valence-electron chi connectivity index (χ0n) is 11.8. The van der Waals surface area contributed by atoms with Crippen LogP contribution in [0.4, 0.5) is 0 Å². The van der Waals surface area contributed by atoms with Gasteiger partial charge in [-0.2, -0.15) is 0 Å². The van der Waals surface area contributed by atoms with Crippen LogP contribution < -0.4 is 0 Å². The summed E-state index contributed by atoms with van der Waals surface area (Å²) in [5.74, 6) is 0. The fourth-order valence-electron chi connectivity index (χ4n) is 2.46. The molecule has 2 heterocycles. The van der Waals surface area contributed by atoms with Gasteiger partial charge in [0.2, 0.25) is 0 Å². The molecule has 0 amide bonds. The molecule has 114 valence electrons. The van der Waals surface area contributed by atoms with Gasteiger partial charge in [-0.15, -0.1) is 22.7 Å². The van der Waals surface area contributed by atoms with Gasteiger partial charge in [0.25, 0.3) is 0 Å². The van der Waals surface area contributed by atoms with Crippen LogP contribution in [0.3, 0.4) is 0 Å². The Morgan fingerprint density at radius 2 is 1.91 bits per heavy atom. The van der Waals surface area contributed by atoms with Gasteiger partial charge in [-0.3, -0.25) is 0 Å². The third-order valence-electron chi connectivity index (χ3n) is 3.54. The third kappa shape index (κ3) is 3.24. The molecule has 0 fully saturated rings. The molecular formula is C17H14Cl2OS2. The van der Waals surface area contributed by atoms with Crippen LogP contribution in [0.5, 0.6) is 0 Å². The lowest BCUT2D eigenvalue weighted by atomic mass is 9.89. The van der Waals surface area contributed by atoms with Gasteiger partial charge in [0.15, 0.2) is 0 Å². The molecular weight excluding hydrogens is 355 g/mol. The fraction of sp³-hybridized carbons (Fsp3) is 0.176. The van der Waals surface area contributed by atoms with E-state index in [1.165, 1.54) is 4.88 Å². The van der Waals surface area contributed by atoms with Crippen molar-refractivity contribution in [1.82, 2.24) is 0 Å². The van der Waals surface area contributed by atoms with Gasteiger partial charge in [0.05, 0.1) is 10.5 Å². The summed E-state index contributed by atoms with van der Waals surface area (Å²) in [6, 6.07) is 11.5. The van der Waals surface area contributed by atoms with Crippen LogP contribution in [0, 0.1) is 0 Å². The molecule has 22 heavy (non-hydrogen) atoms. The average Bonchev–Trinajstić information content (AvgIpc) is 3.11. The summed E-state index contributed by atoms with van der Waals surface area (Å²) in [6.07, 6.45) is 0.443. The maximum absolute atomic E-state index is 11.0. The summed E-state index contributed by atoms with van der Waals surface area (Å²) >= 11 is 15.5. The lowest BCUT2D eigenvalue weighted by Gasteiger charge is -2.25. The monoisotopic (exact) mass is 368 g/mol. The zero-order valence-corrected chi connectivity index (χ0v) is 15.0. The molecule has 0 bridgehead atoms. The molecule has 0 aliphatic carbocycles. The smallest absolute Gasteiger partial charge is 0.0923 e. The Morgan fingerprint density at radius 3 is 2.59 bits per heavy atom. The van der Waals surface area contributed by atoms with Crippen LogP contribution in [0.25, 0.3) is 9.75 Å². The second-order valence-electron chi connectivity index (χ2n) is 5.33. The number of halogens is 2. The number of benzene rings is 1. The lowest BCUT2D eigenvalue weighted by Crippen LogP contribution is -2.24. The second-order valence-corrected chi connectivity index (χ2v) is 8.03. The molecule has 0 radical (unpaired) electrons. The summed E-state index contributed by atoms with van der Waals surface area (Å²) in [6.45, 7) is 1.83. The highest BCUT2D eigenvalue weighted by Gasteiger charge is 2.29. The van der Waals surface area contributed by atoms with Crippen molar-refractivity contribution in [3.05, 3.63) is 68.3 Å². The molecule has 1 atom stereocenters. The van der Waals surface area contributed by atoms with Gasteiger partial charge in [0, 0.05) is 26.9 Å². The highest BCUT2D eigenvalue weighted by molar-refractivity contribution is 7.20. The summed E-state index contributed by atoms with van der Waals surface area (Å²) in [5.41, 5.74) is 0.835. The normalized spacial score (nSPS) is 14.0. The molecule has 0 saturated carbocycles. The molecule has 1 nitrogen and oxygen atoms in total. The quantitative estimate of drug-likeness (QED) is 0.578. The van der Waals surface area contributed by atoms with Gasteiger partial charge in [-0.05, 0) is 47.5 Å². The zero-order chi connectivity index (χ0) is 15.7. The standard InChI is InChI=1S/C17H14Cl2OS2/c1-17(20,10-11-4-5-12(18)9-14(11)19)13-6-8-22-16(13)15-3-2-7-21-15/h2-9,20H,10H2,1H3. The van der Waals surface area contributed by atoms with Crippen LogP contribution in [-0.2, 0) is 12.0 Å². The molecule has 5 heteroatoms. The van der Waals surface area contributed by atoms with Gasteiger partial charge in [-0.1, -0.05) is 35.3 Å². The Hall–Kier alpha value is -0.840. The SMILES string of the molecule is CC(O)(Cc1ccc(Cl)cc1Cl)c1ccsc1-c1cccs1. The maximum atomic E-state index is 11.0. The summed E-state index contributed by atoms with van der Waals surface area (Å²) < 4.78 is 0. The number of thiophene rings is 2. The Balaban J connectivity index is 1.95. The van der Waals surface area contributed by atoms with E-state index in [1.807, 2.05) is 35.9 Å². The Labute approximate surface area is 147 Å². The van der Waals surface area contributed by atoms with E-state index in [-0.39, 0.29) is 0 Å². The molecule has 1 unspecified atom stereocenters. The molecule has 3 rings (SSSR count). The minimum atomic E-state index is -0.989. The van der Waals surface area contributed by atoms with E-state index in [4.69, 9.17) is 23.2 Å². The van der Waals surface area contributed by atoms with Crippen molar-refractivity contribution in [3.63, 3.8) is 0 Å². The molecule has 0 aliphatic rings. The first-order chi connectivity index (χ1) is 10.5. The Bertz CT molecular complexity index is 776. The first-order valence-electron chi connectivity index (χ1n) is 6.75. The van der Waals surface area contributed by atoms with Crippen molar-refractivity contribution in [2.24, 2.45) is 0 Å². The number of aliphatic hydroxyl groups is 1. The van der Waals surface area contributed by atoms with E-state index in [2.05, 4.69) is 6.07 Å². The van der Waals surface area contributed by atoms with E-state index in [0.29, 0.717) is 16.5 Å². The summed E-state index contributed by atoms with van der Waals surface area (Å²) in [4.78, 5) is 2.29. The van der Waals surface area contributed by atoms with Crippen LogP contribution >= 0.6 is 45.9 Å². The van der Waals surface area contributed by atoms with Crippen LogP contribution in [0.1, 0.15) is 18.1 Å². The van der Waals surface area contributed by atoms with Crippen molar-refractivity contribution in [2.45, 2.75) is 18.9 Å². The maximum Gasteiger partial charge on any atom is 0.0923 e. The first kappa shape index (κ1) is 16.0. The van der Waals surface area contributed by atoms with Crippen LogP contribution in [-0.4, -0.2) is 5.11 Å². The van der Waals surface area contributed by atoms with E-state index in [9.17, 15) is 5.11 Å². The number of rotatable bonds is 4. The van der Waals surface area contributed by atoms with E-state index < -0.39 is 5.60 Å². The molecule has 0 aliphatic heterocycles. The van der Waals surface area contributed by atoms with E-state index in [0.717, 1.165) is 16.0 Å². The molecule has 3 aromatic rings. The van der Waals surface area contributed by atoms with Gasteiger partial charge >= 0.3 is 0 Å². The predicted molar refractivity (Wildman–Crippen MR) is 97.4 cm³/mol. The number of hydrogen-bond donors (Lipinski definition) is 1. The third-order valence-corrected chi connectivity index (χ3v) is 6.09. The van der Waals surface area contributed by atoms with Crippen molar-refractivity contribution >= 4 is 45.9 Å². The second kappa shape index (κ2) is 6.34. The predicted octanol–water partition coefficient (Wildman–Crippen LogP) is 6.23. The van der Waals surface area contributed by atoms with Crippen molar-refractivity contribution in [1.29, 1.82) is 0 Å². The van der Waals surface area contributed by atoms with Crippen molar-refractivity contribution in [3.8, 4) is 9.75 Å². The lowest BCUT2D eigenvalue weighted by molar-refractivity contribution is 0.0586. The summed E-state index contributed by atoms with van der Waals surface area (Å²) in [7, 11) is 0. The average molecular weight is 369 g/mol. The van der Waals surface area contributed by atoms with Crippen LogP contribution in [0.2, 0.25) is 10.0 Å². The highest BCUT2D eigenvalue weighted by Crippen LogP contribution is 2.40. The van der Waals surface area contributed by atoms with Gasteiger partial charge in [-0.25, -0.2) is 0 Å². The number of hydrogen-bond acceptors (Lipinski definition) is 3. The van der Waals surface area contributed by atoms with E-state index in [1.54, 1.807) is 34.8 Å². The largest absolute Gasteiger partial charge is 0.385 e. The van der Waals surface area contributed by atoms with Crippen LogP contribution in [0.15, 0.2) is 47.2 Å². The van der Waals surface area contributed by atoms with Crippen molar-refractivity contribution in [2.75, 3.05) is 0 Å².